The van der Waals surface area contributed by atoms with E-state index in [4.69, 9.17) is 19.2 Å². The summed E-state index contributed by atoms with van der Waals surface area (Å²) in [6.45, 7) is 17.8. The minimum Gasteiger partial charge on any atom is -0.482 e. The Hall–Kier alpha value is -1.49. The van der Waals surface area contributed by atoms with Gasteiger partial charge in [-0.2, -0.15) is 5.26 Å². The van der Waals surface area contributed by atoms with Crippen molar-refractivity contribution < 1.29 is 13.9 Å². The Bertz CT molecular complexity index is 789. The third-order valence-corrected chi connectivity index (χ3v) is 14.8. The monoisotopic (exact) mass is 603 g/mol. The Labute approximate surface area is 260 Å². The van der Waals surface area contributed by atoms with Crippen LogP contribution in [0.3, 0.4) is 0 Å². The molecule has 6 nitrogen and oxygen atoms in total. The average molecular weight is 604 g/mol. The second-order valence-corrected chi connectivity index (χ2v) is 18.6. The van der Waals surface area contributed by atoms with Crippen molar-refractivity contribution in [1.29, 1.82) is 5.26 Å². The lowest BCUT2D eigenvalue weighted by molar-refractivity contribution is 0.0203. The maximum absolute atomic E-state index is 9.01. The molecule has 0 N–H and O–H groups in total. The predicted molar refractivity (Wildman–Crippen MR) is 179 cm³/mol. The summed E-state index contributed by atoms with van der Waals surface area (Å²) in [5.41, 5.74) is 1.51. The number of aromatic nitrogens is 2. The zero-order chi connectivity index (χ0) is 31.1. The summed E-state index contributed by atoms with van der Waals surface area (Å²) in [5.74, 6) is 0.681. The highest BCUT2D eigenvalue weighted by molar-refractivity contribution is 6.77. The first-order chi connectivity index (χ1) is 20.3. The van der Waals surface area contributed by atoms with Gasteiger partial charge in [-0.15, -0.1) is 0 Å². The average Bonchev–Trinajstić information content (AvgIpc) is 2.96. The number of hydrogen-bond acceptors (Lipinski definition) is 6. The molecule has 242 valence electrons. The van der Waals surface area contributed by atoms with E-state index < -0.39 is 8.32 Å². The Morgan fingerprint density at radius 1 is 0.667 bits per heavy atom. The molecule has 0 saturated heterocycles. The molecule has 1 heterocycles. The molecule has 0 radical (unpaired) electrons. The van der Waals surface area contributed by atoms with Gasteiger partial charge < -0.3 is 13.9 Å². The molecule has 0 saturated carbocycles. The standard InChI is InChI=1S/C35H65N3O3Si/c1-8-9-10-11-12-13-14-15-16-17-18-19-20-21-22-23-24-39-28-34(41-33-26-37-35(25-36)38-27-33)29-40-42(30(2)3,31(4)5)32(6)7/h26-27,30-32,34H,8-24,28-29H2,1-7H3/t34-/m1/s1. The van der Waals surface area contributed by atoms with Crippen LogP contribution < -0.4 is 4.74 Å². The summed E-state index contributed by atoms with van der Waals surface area (Å²) in [7, 11) is -2.03. The third kappa shape index (κ3) is 15.8. The molecule has 1 aromatic heterocycles. The van der Waals surface area contributed by atoms with Crippen LogP contribution in [0.15, 0.2) is 12.4 Å². The number of nitrogens with zero attached hydrogens (tertiary/aromatic N) is 3. The highest BCUT2D eigenvalue weighted by Crippen LogP contribution is 2.42. The molecule has 0 amide bonds. The van der Waals surface area contributed by atoms with Crippen molar-refractivity contribution in [2.24, 2.45) is 0 Å². The van der Waals surface area contributed by atoms with Crippen LogP contribution in [0, 0.1) is 11.3 Å². The molecule has 1 rings (SSSR count). The van der Waals surface area contributed by atoms with Gasteiger partial charge in [0, 0.05) is 6.61 Å². The van der Waals surface area contributed by atoms with Crippen molar-refractivity contribution in [2.45, 2.75) is 174 Å². The summed E-state index contributed by atoms with van der Waals surface area (Å²) in [6.07, 6.45) is 24.7. The van der Waals surface area contributed by atoms with Crippen molar-refractivity contribution in [2.75, 3.05) is 19.8 Å². The van der Waals surface area contributed by atoms with E-state index in [9.17, 15) is 0 Å². The van der Waals surface area contributed by atoms with E-state index in [1.54, 1.807) is 12.4 Å². The van der Waals surface area contributed by atoms with Gasteiger partial charge in [0.1, 0.15) is 12.2 Å². The van der Waals surface area contributed by atoms with Crippen molar-refractivity contribution in [1.82, 2.24) is 9.97 Å². The van der Waals surface area contributed by atoms with Gasteiger partial charge in [-0.1, -0.05) is 145 Å². The molecule has 42 heavy (non-hydrogen) atoms. The molecule has 0 spiro atoms. The third-order valence-electron chi connectivity index (χ3n) is 8.70. The largest absolute Gasteiger partial charge is 0.482 e. The van der Waals surface area contributed by atoms with Crippen LogP contribution in [-0.4, -0.2) is 44.2 Å². The first-order valence-corrected chi connectivity index (χ1v) is 19.5. The number of rotatable bonds is 27. The quantitative estimate of drug-likeness (QED) is 0.0735. The smallest absolute Gasteiger partial charge is 0.232 e. The van der Waals surface area contributed by atoms with Crippen LogP contribution in [0.2, 0.25) is 16.6 Å². The van der Waals surface area contributed by atoms with E-state index in [0.29, 0.717) is 35.6 Å². The minimum absolute atomic E-state index is 0.140. The van der Waals surface area contributed by atoms with Crippen LogP contribution in [0.5, 0.6) is 5.75 Å². The maximum atomic E-state index is 9.01. The van der Waals surface area contributed by atoms with E-state index in [1.165, 1.54) is 96.3 Å². The Morgan fingerprint density at radius 3 is 1.50 bits per heavy atom. The first kappa shape index (κ1) is 38.5. The Morgan fingerprint density at radius 2 is 1.10 bits per heavy atom. The fourth-order valence-corrected chi connectivity index (χ4v) is 11.9. The summed E-state index contributed by atoms with van der Waals surface area (Å²) in [5, 5.41) is 9.01. The lowest BCUT2D eigenvalue weighted by Gasteiger charge is -2.42. The molecule has 1 aromatic rings. The number of nitriles is 1. The van der Waals surface area contributed by atoms with Crippen molar-refractivity contribution in [3.05, 3.63) is 18.2 Å². The molecule has 0 bridgehead atoms. The van der Waals surface area contributed by atoms with E-state index in [1.807, 2.05) is 6.07 Å². The Balaban J connectivity index is 2.31. The molecule has 0 aliphatic heterocycles. The van der Waals surface area contributed by atoms with Gasteiger partial charge in [0.25, 0.3) is 0 Å². The minimum atomic E-state index is -2.03. The Kier molecular flexibility index (Phi) is 21.9. The zero-order valence-corrected chi connectivity index (χ0v) is 29.5. The van der Waals surface area contributed by atoms with Gasteiger partial charge in [-0.05, 0) is 23.0 Å². The van der Waals surface area contributed by atoms with E-state index >= 15 is 0 Å². The summed E-state index contributed by atoms with van der Waals surface area (Å²) in [6, 6.07) is 1.96. The van der Waals surface area contributed by atoms with Gasteiger partial charge >= 0.3 is 0 Å². The van der Waals surface area contributed by atoms with Gasteiger partial charge in [0.05, 0.1) is 25.6 Å². The highest BCUT2D eigenvalue weighted by Gasteiger charge is 2.45. The van der Waals surface area contributed by atoms with Gasteiger partial charge in [-0.25, -0.2) is 9.97 Å². The van der Waals surface area contributed by atoms with E-state index in [2.05, 4.69) is 58.4 Å². The summed E-state index contributed by atoms with van der Waals surface area (Å²) in [4.78, 5) is 8.12. The molecule has 0 aliphatic rings. The number of unbranched alkanes of at least 4 members (excludes halogenated alkanes) is 15. The second-order valence-electron chi connectivity index (χ2n) is 13.1. The topological polar surface area (TPSA) is 77.3 Å². The molecule has 0 aliphatic carbocycles. The van der Waals surface area contributed by atoms with E-state index in [0.717, 1.165) is 13.0 Å². The van der Waals surface area contributed by atoms with Crippen molar-refractivity contribution >= 4 is 8.32 Å². The fourth-order valence-electron chi connectivity index (χ4n) is 6.45. The SMILES string of the molecule is CCCCCCCCCCCCCCCCCCOC[C@H](CO[Si](C(C)C)(C(C)C)C(C)C)Oc1cnc(C#N)nc1. The fraction of sp³-hybridized carbons (Fsp3) is 0.857. The molecule has 7 heteroatoms. The maximum Gasteiger partial charge on any atom is 0.232 e. The van der Waals surface area contributed by atoms with Gasteiger partial charge in [0.15, 0.2) is 5.75 Å². The van der Waals surface area contributed by atoms with E-state index in [-0.39, 0.29) is 11.9 Å². The molecular weight excluding hydrogens is 538 g/mol. The van der Waals surface area contributed by atoms with Crippen LogP contribution >= 0.6 is 0 Å². The first-order valence-electron chi connectivity index (χ1n) is 17.4. The molecular formula is C35H65N3O3Si. The highest BCUT2D eigenvalue weighted by atomic mass is 28.4. The van der Waals surface area contributed by atoms with Gasteiger partial charge in [0.2, 0.25) is 14.1 Å². The summed E-state index contributed by atoms with van der Waals surface area (Å²) >= 11 is 0. The number of ether oxygens (including phenoxy) is 2. The van der Waals surface area contributed by atoms with Crippen LogP contribution in [0.1, 0.15) is 157 Å². The van der Waals surface area contributed by atoms with Crippen LogP contribution in [0.4, 0.5) is 0 Å². The predicted octanol–water partition coefficient (Wildman–Crippen LogP) is 10.6. The van der Waals surface area contributed by atoms with Crippen LogP contribution in [0.25, 0.3) is 0 Å². The van der Waals surface area contributed by atoms with Crippen molar-refractivity contribution in [3.8, 4) is 11.8 Å². The van der Waals surface area contributed by atoms with Crippen molar-refractivity contribution in [3.63, 3.8) is 0 Å². The number of hydrogen-bond donors (Lipinski definition) is 0. The molecule has 0 unspecified atom stereocenters. The molecule has 1 atom stereocenters. The molecule has 0 aromatic carbocycles. The lowest BCUT2D eigenvalue weighted by Crippen LogP contribution is -2.50. The van der Waals surface area contributed by atoms with Crippen LogP contribution in [-0.2, 0) is 9.16 Å². The normalized spacial score (nSPS) is 12.8. The second kappa shape index (κ2) is 23.9. The lowest BCUT2D eigenvalue weighted by atomic mass is 10.0. The van der Waals surface area contributed by atoms with Gasteiger partial charge in [-0.3, -0.25) is 0 Å². The zero-order valence-electron chi connectivity index (χ0n) is 28.5. The summed E-state index contributed by atoms with van der Waals surface area (Å²) < 4.78 is 19.1. The molecule has 0 fully saturated rings.